The average Bonchev–Trinajstić information content (AvgIpc) is 3.67. The summed E-state index contributed by atoms with van der Waals surface area (Å²) in [6.07, 6.45) is 13.1. The Labute approximate surface area is 275 Å². The van der Waals surface area contributed by atoms with Crippen LogP contribution in [0.1, 0.15) is 96.4 Å². The fourth-order valence-electron chi connectivity index (χ4n) is 6.13. The second kappa shape index (κ2) is 13.2. The number of aryl methyl sites for hydroxylation is 4. The maximum Gasteiger partial charge on any atom is 0.123 e. The number of benzene rings is 1. The number of hydrogen-bond acceptors (Lipinski definition) is 4. The zero-order chi connectivity index (χ0) is 32.7. The van der Waals surface area contributed by atoms with Crippen LogP contribution in [0.3, 0.4) is 0 Å². The molecular weight excluding hydrogens is 711 g/mol. The molecule has 4 heterocycles. The van der Waals surface area contributed by atoms with Gasteiger partial charge in [0.15, 0.2) is 0 Å². The van der Waals surface area contributed by atoms with Gasteiger partial charge in [-0.25, -0.2) is 4.98 Å². The van der Waals surface area contributed by atoms with Crippen molar-refractivity contribution in [3.63, 3.8) is 0 Å². The van der Waals surface area contributed by atoms with Crippen LogP contribution < -0.4 is 0 Å². The normalized spacial score (nSPS) is 21.9. The van der Waals surface area contributed by atoms with E-state index in [0.717, 1.165) is 38.9 Å². The minimum atomic E-state index is -2.38. The fourth-order valence-corrected chi connectivity index (χ4v) is 7.33. The van der Waals surface area contributed by atoms with Gasteiger partial charge in [0.1, 0.15) is 4.83 Å². The minimum Gasteiger partial charge on any atom is -0.325 e. The smallest absolute Gasteiger partial charge is 0.123 e. The van der Waals surface area contributed by atoms with E-state index in [2.05, 4.69) is 66.9 Å². The van der Waals surface area contributed by atoms with Gasteiger partial charge in [-0.3, -0.25) is 0 Å². The van der Waals surface area contributed by atoms with E-state index >= 15 is 0 Å². The van der Waals surface area contributed by atoms with Crippen LogP contribution in [0.4, 0.5) is 0 Å². The summed E-state index contributed by atoms with van der Waals surface area (Å²) in [6, 6.07) is 12.0. The molecule has 219 valence electrons. The van der Waals surface area contributed by atoms with Crippen LogP contribution in [0.2, 0.25) is 0 Å². The Morgan fingerprint density at radius 3 is 2.67 bits per heavy atom. The standard InChI is InChI=1S/C19H22N.C18H17N2S.Ir/c1-13-8-9-17(14(2)10-13)19-11-18(15(3)12-20-19)16-6-4-5-7-16;1-11-3-6-15(20-10-11)13-4-5-14-16(9-13)21-18-17(14)12(2)7-8-19-18;/h8,10-12,16H,4-7H2,1-3H3;4,7-10H,3,5-6H2,1-2H3;/q2*-1;/i;1D3,3D,6D;. The molecule has 2 atom stereocenters. The molecule has 1 aliphatic heterocycles. The largest absolute Gasteiger partial charge is 0.325 e. The first-order chi connectivity index (χ1) is 21.9. The number of hydrogen-bond donors (Lipinski definition) is 0. The molecule has 0 amide bonds. The van der Waals surface area contributed by atoms with E-state index in [1.165, 1.54) is 70.7 Å². The molecule has 5 heteroatoms. The monoisotopic (exact) mass is 755 g/mol. The van der Waals surface area contributed by atoms with Crippen molar-refractivity contribution in [3.8, 4) is 11.3 Å². The van der Waals surface area contributed by atoms with Crippen molar-refractivity contribution in [1.29, 1.82) is 0 Å². The van der Waals surface area contributed by atoms with Crippen LogP contribution in [0, 0.1) is 40.2 Å². The van der Waals surface area contributed by atoms with Gasteiger partial charge in [0, 0.05) is 50.9 Å². The molecule has 0 N–H and O–H groups in total. The van der Waals surface area contributed by atoms with Crippen molar-refractivity contribution >= 4 is 33.3 Å². The van der Waals surface area contributed by atoms with E-state index in [9.17, 15) is 0 Å². The van der Waals surface area contributed by atoms with Crippen LogP contribution in [0.5, 0.6) is 0 Å². The van der Waals surface area contributed by atoms with Gasteiger partial charge >= 0.3 is 0 Å². The van der Waals surface area contributed by atoms with E-state index in [0.29, 0.717) is 5.71 Å². The summed E-state index contributed by atoms with van der Waals surface area (Å²) in [4.78, 5) is 15.4. The van der Waals surface area contributed by atoms with Crippen LogP contribution in [0.15, 0.2) is 59.0 Å². The molecule has 3 nitrogen and oxygen atoms in total. The Balaban J connectivity index is 0.000000187. The van der Waals surface area contributed by atoms with E-state index in [-0.39, 0.29) is 25.7 Å². The summed E-state index contributed by atoms with van der Waals surface area (Å²) in [5.41, 5.74) is 11.2. The Bertz CT molecular complexity index is 1880. The molecule has 1 fully saturated rings. The SMILES string of the molecule is Cc1c[c-]c(-c2cc(C3CCCC3)c(C)cn2)c(C)c1.[2H]C1C(C([2H])([2H])[2H])=CN=C(C2=Cc3sc4nccc(C)c4c3C[CH-]2)C1[2H].[Ir]. The molecule has 42 heavy (non-hydrogen) atoms. The van der Waals surface area contributed by atoms with Gasteiger partial charge in [0.05, 0.1) is 0 Å². The van der Waals surface area contributed by atoms with E-state index < -0.39 is 19.6 Å². The van der Waals surface area contributed by atoms with Gasteiger partial charge in [-0.1, -0.05) is 56.9 Å². The maximum atomic E-state index is 8.33. The van der Waals surface area contributed by atoms with Crippen molar-refractivity contribution < 1.29 is 27.0 Å². The zero-order valence-electron chi connectivity index (χ0n) is 29.5. The predicted molar refractivity (Wildman–Crippen MR) is 175 cm³/mol. The summed E-state index contributed by atoms with van der Waals surface area (Å²) < 4.78 is 39.0. The zero-order valence-corrected chi connectivity index (χ0v) is 27.8. The molecule has 0 saturated heterocycles. The maximum absolute atomic E-state index is 8.33. The first-order valence-corrected chi connectivity index (χ1v) is 15.2. The average molecular weight is 755 g/mol. The number of nitrogens with zero attached hydrogens (tertiary/aromatic N) is 3. The van der Waals surface area contributed by atoms with Crippen LogP contribution >= 0.6 is 11.3 Å². The third-order valence-electron chi connectivity index (χ3n) is 8.28. The van der Waals surface area contributed by atoms with Crippen LogP contribution in [-0.2, 0) is 26.5 Å². The fraction of sp³-hybridized carbons (Fsp3) is 0.351. The summed E-state index contributed by atoms with van der Waals surface area (Å²) in [5, 5.41) is 1.19. The first kappa shape index (κ1) is 24.6. The van der Waals surface area contributed by atoms with Gasteiger partial charge in [-0.2, -0.15) is 12.0 Å². The van der Waals surface area contributed by atoms with Crippen molar-refractivity contribution in [2.75, 3.05) is 0 Å². The van der Waals surface area contributed by atoms with Gasteiger partial charge in [0.2, 0.25) is 0 Å². The van der Waals surface area contributed by atoms with Crippen molar-refractivity contribution in [3.05, 3.63) is 105 Å². The topological polar surface area (TPSA) is 38.1 Å². The molecule has 3 aliphatic rings. The van der Waals surface area contributed by atoms with Gasteiger partial charge in [0.25, 0.3) is 0 Å². The molecule has 2 unspecified atom stereocenters. The molecule has 4 aromatic rings. The summed E-state index contributed by atoms with van der Waals surface area (Å²) in [6.45, 7) is 6.14. The third-order valence-corrected chi connectivity index (χ3v) is 9.37. The summed E-state index contributed by atoms with van der Waals surface area (Å²) in [7, 11) is 0. The van der Waals surface area contributed by atoms with Crippen molar-refractivity contribution in [2.45, 2.75) is 85.4 Å². The second-order valence-electron chi connectivity index (χ2n) is 11.3. The molecule has 2 aliphatic carbocycles. The van der Waals surface area contributed by atoms with Crippen molar-refractivity contribution in [1.82, 2.24) is 9.97 Å². The van der Waals surface area contributed by atoms with Crippen molar-refractivity contribution in [2.24, 2.45) is 4.99 Å². The Morgan fingerprint density at radius 2 is 1.88 bits per heavy atom. The third kappa shape index (κ3) is 6.39. The van der Waals surface area contributed by atoms with Crippen LogP contribution in [0.25, 0.3) is 27.6 Å². The van der Waals surface area contributed by atoms with Gasteiger partial charge in [-0.05, 0) is 84.7 Å². The van der Waals surface area contributed by atoms with E-state index in [1.807, 2.05) is 31.0 Å². The molecule has 1 aromatic carbocycles. The number of thiophene rings is 1. The molecule has 0 bridgehead atoms. The minimum absolute atomic E-state index is 0. The number of aromatic nitrogens is 2. The van der Waals surface area contributed by atoms with Gasteiger partial charge < -0.3 is 9.98 Å². The Kier molecular flexibility index (Phi) is 7.73. The second-order valence-corrected chi connectivity index (χ2v) is 12.4. The molecule has 1 saturated carbocycles. The molecule has 0 spiro atoms. The number of fused-ring (bicyclic) bond motifs is 3. The number of aliphatic imine (C=N–C) groups is 1. The molecule has 3 aromatic heterocycles. The molecule has 1 radical (unpaired) electrons. The summed E-state index contributed by atoms with van der Waals surface area (Å²) in [5.74, 6) is 0.738. The predicted octanol–water partition coefficient (Wildman–Crippen LogP) is 10.0. The first-order valence-electron chi connectivity index (χ1n) is 17.1. The quantitative estimate of drug-likeness (QED) is 0.196. The number of rotatable bonds is 3. The summed E-state index contributed by atoms with van der Waals surface area (Å²) >= 11 is 1.61. The number of pyridine rings is 2. The van der Waals surface area contributed by atoms with E-state index in [4.69, 9.17) is 6.85 Å². The van der Waals surface area contributed by atoms with Gasteiger partial charge in [-0.15, -0.1) is 52.3 Å². The Morgan fingerprint density at radius 1 is 1.05 bits per heavy atom. The number of allylic oxidation sites excluding steroid dienone is 2. The van der Waals surface area contributed by atoms with E-state index in [1.54, 1.807) is 11.3 Å². The molecular formula is C37H39IrN3S-2. The molecule has 7 rings (SSSR count). The Hall–Kier alpha value is -2.85. The van der Waals surface area contributed by atoms with Crippen LogP contribution in [-0.4, -0.2) is 15.7 Å².